The van der Waals surface area contributed by atoms with Gasteiger partial charge in [0.15, 0.2) is 6.04 Å². The summed E-state index contributed by atoms with van der Waals surface area (Å²) >= 11 is 4.56. The minimum absolute atomic E-state index is 0.0696. The molecule has 1 amide bonds. The van der Waals surface area contributed by atoms with Crippen LogP contribution in [0, 0.1) is 17.0 Å². The number of aromatic nitrogens is 1. The molecule has 2 heterocycles. The fraction of sp³-hybridized carbons (Fsp3) is 0.150. The maximum atomic E-state index is 12.9. The number of aryl methyl sites for hydroxylation is 1. The fourth-order valence-electron chi connectivity index (χ4n) is 2.86. The number of nitro groups is 1. The van der Waals surface area contributed by atoms with Gasteiger partial charge >= 0.3 is 0 Å². The monoisotopic (exact) mass is 498 g/mol. The molecule has 0 radical (unpaired) electrons. The molecule has 1 aliphatic rings. The zero-order chi connectivity index (χ0) is 22.1. The number of rotatable bonds is 5. The van der Waals surface area contributed by atoms with Crippen molar-refractivity contribution in [2.45, 2.75) is 19.9 Å². The van der Waals surface area contributed by atoms with Crippen LogP contribution in [0.3, 0.4) is 0 Å². The Morgan fingerprint density at radius 3 is 2.61 bits per heavy atom. The molecule has 4 rings (SSSR count). The van der Waals surface area contributed by atoms with Crippen molar-refractivity contribution in [2.24, 2.45) is 15.3 Å². The molecule has 0 fully saturated rings. The number of halogens is 1. The molecule has 31 heavy (non-hydrogen) atoms. The molecule has 0 unspecified atom stereocenters. The van der Waals surface area contributed by atoms with E-state index in [1.165, 1.54) is 34.5 Å². The molecule has 3 aromatic rings. The molecule has 0 saturated carbocycles. The van der Waals surface area contributed by atoms with Crippen molar-refractivity contribution in [1.29, 1.82) is 0 Å². The van der Waals surface area contributed by atoms with Crippen LogP contribution in [-0.4, -0.2) is 27.6 Å². The van der Waals surface area contributed by atoms with Gasteiger partial charge in [-0.05, 0) is 35.8 Å². The van der Waals surface area contributed by atoms with Crippen LogP contribution in [0.4, 0.5) is 16.5 Å². The highest BCUT2D eigenvalue weighted by atomic mass is 79.9. The summed E-state index contributed by atoms with van der Waals surface area (Å²) in [5.74, 6) is -0.357. The minimum atomic E-state index is -0.881. The number of carbonyl (C=O) groups excluding carboxylic acids is 1. The Morgan fingerprint density at radius 2 is 1.94 bits per heavy atom. The largest absolute Gasteiger partial charge is 0.282 e. The molecular weight excluding hydrogens is 484 g/mol. The number of benzene rings is 2. The molecule has 0 aliphatic carbocycles. The van der Waals surface area contributed by atoms with Crippen molar-refractivity contribution in [3.63, 3.8) is 0 Å². The second-order valence-corrected chi connectivity index (χ2v) is 8.47. The summed E-state index contributed by atoms with van der Waals surface area (Å²) < 4.78 is 0.407. The number of nitro benzene ring substituents is 1. The first-order valence-corrected chi connectivity index (χ1v) is 10.8. The smallest absolute Gasteiger partial charge is 0.269 e. The predicted molar refractivity (Wildman–Crippen MR) is 122 cm³/mol. The standard InChI is InChI=1S/C20H15BrN6O3S/c1-11-3-5-13(6-4-11)17-10-31-20(22-17)26-19(28)18(12(2)25-26)24-23-16-8-7-14(27(29)30)9-15(16)21/h3-10,18H,1-2H3/t18-/m1/s1. The van der Waals surface area contributed by atoms with E-state index in [1.807, 2.05) is 36.6 Å². The lowest BCUT2D eigenvalue weighted by atomic mass is 10.1. The van der Waals surface area contributed by atoms with E-state index in [9.17, 15) is 14.9 Å². The quantitative estimate of drug-likeness (QED) is 0.256. The molecular formula is C20H15BrN6O3S. The van der Waals surface area contributed by atoms with E-state index < -0.39 is 11.0 Å². The van der Waals surface area contributed by atoms with Crippen LogP contribution in [-0.2, 0) is 4.79 Å². The van der Waals surface area contributed by atoms with Gasteiger partial charge < -0.3 is 0 Å². The highest BCUT2D eigenvalue weighted by Crippen LogP contribution is 2.32. The number of nitrogens with zero attached hydrogens (tertiary/aromatic N) is 6. The van der Waals surface area contributed by atoms with Gasteiger partial charge in [0.05, 0.1) is 26.5 Å². The number of thiazole rings is 1. The van der Waals surface area contributed by atoms with Gasteiger partial charge in [0, 0.05) is 23.1 Å². The lowest BCUT2D eigenvalue weighted by Crippen LogP contribution is -2.29. The average molecular weight is 499 g/mol. The van der Waals surface area contributed by atoms with Gasteiger partial charge in [0.2, 0.25) is 5.13 Å². The van der Waals surface area contributed by atoms with Gasteiger partial charge in [-0.3, -0.25) is 14.9 Å². The van der Waals surface area contributed by atoms with E-state index in [-0.39, 0.29) is 11.6 Å². The van der Waals surface area contributed by atoms with Crippen LogP contribution in [0.15, 0.2) is 67.6 Å². The lowest BCUT2D eigenvalue weighted by Gasteiger charge is -2.08. The van der Waals surface area contributed by atoms with Crippen molar-refractivity contribution >= 4 is 55.4 Å². The second kappa shape index (κ2) is 8.44. The van der Waals surface area contributed by atoms with Gasteiger partial charge in [-0.15, -0.1) is 11.3 Å². The van der Waals surface area contributed by atoms with Crippen LogP contribution in [0.25, 0.3) is 11.3 Å². The molecule has 0 saturated heterocycles. The molecule has 1 aromatic heterocycles. The first-order valence-electron chi connectivity index (χ1n) is 9.10. The zero-order valence-electron chi connectivity index (χ0n) is 16.4. The fourth-order valence-corrected chi connectivity index (χ4v) is 4.09. The zero-order valence-corrected chi connectivity index (χ0v) is 18.8. The summed E-state index contributed by atoms with van der Waals surface area (Å²) in [4.78, 5) is 27.8. The molecule has 2 aromatic carbocycles. The summed E-state index contributed by atoms with van der Waals surface area (Å²) in [6.07, 6.45) is 0. The molecule has 0 spiro atoms. The van der Waals surface area contributed by atoms with E-state index in [1.54, 1.807) is 6.92 Å². The number of hydrogen-bond donors (Lipinski definition) is 0. The number of carbonyl (C=O) groups is 1. The molecule has 9 nitrogen and oxygen atoms in total. The van der Waals surface area contributed by atoms with E-state index >= 15 is 0 Å². The normalized spacial score (nSPS) is 16.2. The van der Waals surface area contributed by atoms with Gasteiger partial charge in [0.1, 0.15) is 0 Å². The summed E-state index contributed by atoms with van der Waals surface area (Å²) in [7, 11) is 0. The highest BCUT2D eigenvalue weighted by molar-refractivity contribution is 9.10. The van der Waals surface area contributed by atoms with E-state index in [2.05, 4.69) is 36.2 Å². The van der Waals surface area contributed by atoms with Gasteiger partial charge in [-0.2, -0.15) is 20.3 Å². The van der Waals surface area contributed by atoms with Gasteiger partial charge in [0.25, 0.3) is 11.6 Å². The summed E-state index contributed by atoms with van der Waals surface area (Å²) in [5.41, 5.74) is 3.67. The third-order valence-electron chi connectivity index (χ3n) is 4.54. The van der Waals surface area contributed by atoms with Crippen LogP contribution in [0.2, 0.25) is 0 Å². The number of anilines is 1. The maximum Gasteiger partial charge on any atom is 0.282 e. The predicted octanol–water partition coefficient (Wildman–Crippen LogP) is 5.66. The number of hydrogen-bond acceptors (Lipinski definition) is 8. The summed E-state index contributed by atoms with van der Waals surface area (Å²) in [6, 6.07) is 11.2. The van der Waals surface area contributed by atoms with E-state index in [0.29, 0.717) is 21.0 Å². The lowest BCUT2D eigenvalue weighted by molar-refractivity contribution is -0.384. The van der Waals surface area contributed by atoms with E-state index in [4.69, 9.17) is 0 Å². The highest BCUT2D eigenvalue weighted by Gasteiger charge is 2.36. The number of hydrazone groups is 1. The van der Waals surface area contributed by atoms with Crippen molar-refractivity contribution in [2.75, 3.05) is 5.01 Å². The average Bonchev–Trinajstić information content (AvgIpc) is 3.33. The van der Waals surface area contributed by atoms with Crippen LogP contribution in [0.5, 0.6) is 0 Å². The topological polar surface area (TPSA) is 113 Å². The minimum Gasteiger partial charge on any atom is -0.269 e. The van der Waals surface area contributed by atoms with Crippen molar-refractivity contribution in [3.8, 4) is 11.3 Å². The Balaban J connectivity index is 1.53. The molecule has 0 bridgehead atoms. The molecule has 0 N–H and O–H groups in total. The van der Waals surface area contributed by atoms with Crippen molar-refractivity contribution < 1.29 is 9.72 Å². The number of azo groups is 1. The molecule has 1 atom stereocenters. The SMILES string of the molecule is CC1=NN(c2nc(-c3ccc(C)cc3)cs2)C(=O)[C@@H]1N=Nc1ccc([N+](=O)[O-])cc1Br. The first-order chi connectivity index (χ1) is 14.8. The third kappa shape index (κ3) is 4.28. The van der Waals surface area contributed by atoms with Crippen LogP contribution < -0.4 is 5.01 Å². The first kappa shape index (κ1) is 20.9. The van der Waals surface area contributed by atoms with Crippen LogP contribution in [0.1, 0.15) is 12.5 Å². The summed E-state index contributed by atoms with van der Waals surface area (Å²) in [6.45, 7) is 3.71. The van der Waals surface area contributed by atoms with E-state index in [0.717, 1.165) is 16.8 Å². The number of amides is 1. The van der Waals surface area contributed by atoms with Crippen molar-refractivity contribution in [3.05, 3.63) is 68.0 Å². The Kier molecular flexibility index (Phi) is 5.70. The maximum absolute atomic E-state index is 12.9. The van der Waals surface area contributed by atoms with Crippen LogP contribution >= 0.6 is 27.3 Å². The van der Waals surface area contributed by atoms with Gasteiger partial charge in [-0.1, -0.05) is 29.8 Å². The summed E-state index contributed by atoms with van der Waals surface area (Å²) in [5, 5.41) is 26.9. The Labute approximate surface area is 189 Å². The van der Waals surface area contributed by atoms with Crippen molar-refractivity contribution in [1.82, 2.24) is 4.98 Å². The molecule has 156 valence electrons. The Bertz CT molecular complexity index is 1240. The Morgan fingerprint density at radius 1 is 1.19 bits per heavy atom. The Hall–Kier alpha value is -3.31. The third-order valence-corrected chi connectivity index (χ3v) is 5.99. The molecule has 1 aliphatic heterocycles. The second-order valence-electron chi connectivity index (χ2n) is 6.78. The number of non-ortho nitro benzene ring substituents is 1. The van der Waals surface area contributed by atoms with Gasteiger partial charge in [-0.25, -0.2) is 4.98 Å². The molecule has 11 heteroatoms.